The van der Waals surface area contributed by atoms with Crippen molar-refractivity contribution >= 4 is 27.5 Å². The molecule has 0 aromatic heterocycles. The molecule has 0 spiro atoms. The van der Waals surface area contributed by atoms with Crippen LogP contribution in [-0.2, 0) is 4.79 Å². The largest absolute Gasteiger partial charge is 0.326 e. The Kier molecular flexibility index (Phi) is 7.72. The molecule has 1 amide bonds. The Morgan fingerprint density at radius 2 is 1.65 bits per heavy atom. The first-order valence-corrected chi connectivity index (χ1v) is 7.36. The number of halogens is 1. The summed E-state index contributed by atoms with van der Waals surface area (Å²) in [5.41, 5.74) is 0.886. The van der Waals surface area contributed by atoms with Gasteiger partial charge in [-0.15, -0.1) is 0 Å². The molecule has 94 valence electrons. The highest BCUT2D eigenvalue weighted by molar-refractivity contribution is 9.09. The molecular formula is C14H20BrNO. The van der Waals surface area contributed by atoms with Gasteiger partial charge < -0.3 is 5.32 Å². The van der Waals surface area contributed by atoms with E-state index >= 15 is 0 Å². The molecular weight excluding hydrogens is 278 g/mol. The van der Waals surface area contributed by atoms with E-state index in [2.05, 4.69) is 21.2 Å². The fourth-order valence-corrected chi connectivity index (χ4v) is 2.05. The van der Waals surface area contributed by atoms with Crippen molar-refractivity contribution in [3.8, 4) is 0 Å². The van der Waals surface area contributed by atoms with Gasteiger partial charge in [-0.3, -0.25) is 4.79 Å². The van der Waals surface area contributed by atoms with Crippen molar-refractivity contribution in [3.05, 3.63) is 30.3 Å². The number of hydrogen-bond acceptors (Lipinski definition) is 1. The van der Waals surface area contributed by atoms with Gasteiger partial charge in [0.25, 0.3) is 0 Å². The van der Waals surface area contributed by atoms with E-state index in [0.717, 1.165) is 23.9 Å². The monoisotopic (exact) mass is 297 g/mol. The molecule has 0 unspecified atom stereocenters. The van der Waals surface area contributed by atoms with Crippen molar-refractivity contribution in [2.75, 3.05) is 10.6 Å². The summed E-state index contributed by atoms with van der Waals surface area (Å²) in [5.74, 6) is 0.122. The van der Waals surface area contributed by atoms with E-state index in [-0.39, 0.29) is 5.91 Å². The standard InChI is InChI=1S/C14H20BrNO/c15-12-8-3-1-2-7-11-14(17)16-13-9-5-4-6-10-13/h4-6,9-10H,1-3,7-8,11-12H2,(H,16,17). The molecule has 0 fully saturated rings. The molecule has 1 aromatic carbocycles. The summed E-state index contributed by atoms with van der Waals surface area (Å²) in [6.07, 6.45) is 6.48. The molecule has 1 N–H and O–H groups in total. The lowest BCUT2D eigenvalue weighted by Gasteiger charge is -2.04. The molecule has 2 nitrogen and oxygen atoms in total. The van der Waals surface area contributed by atoms with Crippen LogP contribution in [-0.4, -0.2) is 11.2 Å². The van der Waals surface area contributed by atoms with Crippen LogP contribution >= 0.6 is 15.9 Å². The van der Waals surface area contributed by atoms with Crippen LogP contribution in [0.1, 0.15) is 38.5 Å². The fraction of sp³-hybridized carbons (Fsp3) is 0.500. The number of hydrogen-bond donors (Lipinski definition) is 1. The van der Waals surface area contributed by atoms with E-state index in [1.54, 1.807) is 0 Å². The summed E-state index contributed by atoms with van der Waals surface area (Å²) < 4.78 is 0. The number of benzene rings is 1. The van der Waals surface area contributed by atoms with Crippen LogP contribution in [0, 0.1) is 0 Å². The van der Waals surface area contributed by atoms with Gasteiger partial charge in [-0.2, -0.15) is 0 Å². The van der Waals surface area contributed by atoms with E-state index in [1.807, 2.05) is 30.3 Å². The maximum atomic E-state index is 11.6. The van der Waals surface area contributed by atoms with Crippen LogP contribution < -0.4 is 5.32 Å². The van der Waals surface area contributed by atoms with Crippen molar-refractivity contribution in [2.24, 2.45) is 0 Å². The van der Waals surface area contributed by atoms with Crippen LogP contribution in [0.15, 0.2) is 30.3 Å². The maximum Gasteiger partial charge on any atom is 0.224 e. The normalized spacial score (nSPS) is 10.2. The molecule has 0 radical (unpaired) electrons. The summed E-state index contributed by atoms with van der Waals surface area (Å²) in [6.45, 7) is 0. The number of rotatable bonds is 8. The maximum absolute atomic E-state index is 11.6. The zero-order valence-electron chi connectivity index (χ0n) is 10.1. The predicted molar refractivity (Wildman–Crippen MR) is 76.6 cm³/mol. The van der Waals surface area contributed by atoms with Crippen LogP contribution in [0.4, 0.5) is 5.69 Å². The summed E-state index contributed by atoms with van der Waals surface area (Å²) in [5, 5.41) is 3.98. The van der Waals surface area contributed by atoms with Gasteiger partial charge in [-0.25, -0.2) is 0 Å². The zero-order chi connectivity index (χ0) is 12.3. The van der Waals surface area contributed by atoms with Crippen molar-refractivity contribution in [3.63, 3.8) is 0 Å². The quantitative estimate of drug-likeness (QED) is 0.560. The molecule has 0 saturated carbocycles. The van der Waals surface area contributed by atoms with Crippen molar-refractivity contribution in [1.82, 2.24) is 0 Å². The highest BCUT2D eigenvalue weighted by atomic mass is 79.9. The van der Waals surface area contributed by atoms with Crippen molar-refractivity contribution < 1.29 is 4.79 Å². The number of carbonyl (C=O) groups excluding carboxylic acids is 1. The molecule has 17 heavy (non-hydrogen) atoms. The van der Waals surface area contributed by atoms with E-state index in [9.17, 15) is 4.79 Å². The average Bonchev–Trinajstić information content (AvgIpc) is 2.35. The number of para-hydroxylation sites is 1. The predicted octanol–water partition coefficient (Wildman–Crippen LogP) is 4.36. The zero-order valence-corrected chi connectivity index (χ0v) is 11.7. The van der Waals surface area contributed by atoms with Crippen LogP contribution in [0.25, 0.3) is 0 Å². The van der Waals surface area contributed by atoms with Gasteiger partial charge in [0.1, 0.15) is 0 Å². The van der Waals surface area contributed by atoms with Gasteiger partial charge in [0.15, 0.2) is 0 Å². The summed E-state index contributed by atoms with van der Waals surface area (Å²) in [6, 6.07) is 9.62. The third-order valence-electron chi connectivity index (χ3n) is 2.60. The van der Waals surface area contributed by atoms with Gasteiger partial charge in [-0.05, 0) is 25.0 Å². The average molecular weight is 298 g/mol. The molecule has 1 rings (SSSR count). The number of amides is 1. The Balaban J connectivity index is 2.06. The number of nitrogens with one attached hydrogen (secondary N) is 1. The molecule has 0 bridgehead atoms. The first-order chi connectivity index (χ1) is 8.33. The second-order valence-electron chi connectivity index (χ2n) is 4.12. The van der Waals surface area contributed by atoms with E-state index < -0.39 is 0 Å². The molecule has 0 heterocycles. The smallest absolute Gasteiger partial charge is 0.224 e. The molecule has 0 aliphatic rings. The molecule has 3 heteroatoms. The third kappa shape index (κ3) is 7.16. The van der Waals surface area contributed by atoms with Crippen LogP contribution in [0.3, 0.4) is 0 Å². The minimum Gasteiger partial charge on any atom is -0.326 e. The Morgan fingerprint density at radius 1 is 1.00 bits per heavy atom. The first kappa shape index (κ1) is 14.2. The lowest BCUT2D eigenvalue weighted by atomic mass is 10.1. The highest BCUT2D eigenvalue weighted by Crippen LogP contribution is 2.09. The van der Waals surface area contributed by atoms with E-state index in [0.29, 0.717) is 6.42 Å². The lowest BCUT2D eigenvalue weighted by Crippen LogP contribution is -2.10. The number of anilines is 1. The lowest BCUT2D eigenvalue weighted by molar-refractivity contribution is -0.116. The Morgan fingerprint density at radius 3 is 2.35 bits per heavy atom. The Labute approximate surface area is 112 Å². The van der Waals surface area contributed by atoms with E-state index in [4.69, 9.17) is 0 Å². The Bertz CT molecular complexity index is 313. The number of carbonyl (C=O) groups is 1. The molecule has 1 aromatic rings. The minimum atomic E-state index is 0.122. The van der Waals surface area contributed by atoms with Crippen molar-refractivity contribution in [2.45, 2.75) is 38.5 Å². The highest BCUT2D eigenvalue weighted by Gasteiger charge is 2.01. The van der Waals surface area contributed by atoms with Crippen LogP contribution in [0.5, 0.6) is 0 Å². The second kappa shape index (κ2) is 9.23. The topological polar surface area (TPSA) is 29.1 Å². The summed E-state index contributed by atoms with van der Waals surface area (Å²) in [7, 11) is 0. The fourth-order valence-electron chi connectivity index (χ4n) is 1.66. The van der Waals surface area contributed by atoms with Gasteiger partial charge in [0.2, 0.25) is 5.91 Å². The van der Waals surface area contributed by atoms with Crippen LogP contribution in [0.2, 0.25) is 0 Å². The minimum absolute atomic E-state index is 0.122. The van der Waals surface area contributed by atoms with Gasteiger partial charge >= 0.3 is 0 Å². The van der Waals surface area contributed by atoms with Gasteiger partial charge in [-0.1, -0.05) is 53.4 Å². The SMILES string of the molecule is O=C(CCCCCCCBr)Nc1ccccc1. The Hall–Kier alpha value is -0.830. The van der Waals surface area contributed by atoms with E-state index in [1.165, 1.54) is 19.3 Å². The number of unbranched alkanes of at least 4 members (excludes halogenated alkanes) is 4. The molecule has 0 aliphatic heterocycles. The van der Waals surface area contributed by atoms with Crippen molar-refractivity contribution in [1.29, 1.82) is 0 Å². The van der Waals surface area contributed by atoms with Gasteiger partial charge in [0, 0.05) is 17.4 Å². The molecule has 0 atom stereocenters. The number of alkyl halides is 1. The summed E-state index contributed by atoms with van der Waals surface area (Å²) in [4.78, 5) is 11.6. The molecule has 0 saturated heterocycles. The third-order valence-corrected chi connectivity index (χ3v) is 3.16. The second-order valence-corrected chi connectivity index (χ2v) is 4.91. The molecule has 0 aliphatic carbocycles. The first-order valence-electron chi connectivity index (χ1n) is 6.24. The summed E-state index contributed by atoms with van der Waals surface area (Å²) >= 11 is 3.41. The van der Waals surface area contributed by atoms with Gasteiger partial charge in [0.05, 0.1) is 0 Å².